The minimum absolute atomic E-state index is 0.126. The number of hydrogen-bond acceptors (Lipinski definition) is 3. The molecule has 2 amide bonds. The van der Waals surface area contributed by atoms with Crippen LogP contribution in [0.15, 0.2) is 42.5 Å². The lowest BCUT2D eigenvalue weighted by Gasteiger charge is -2.31. The van der Waals surface area contributed by atoms with Gasteiger partial charge in [-0.05, 0) is 68.5 Å². The predicted octanol–water partition coefficient (Wildman–Crippen LogP) is 5.20. The predicted molar refractivity (Wildman–Crippen MR) is 128 cm³/mol. The second-order valence-corrected chi connectivity index (χ2v) is 9.09. The van der Waals surface area contributed by atoms with E-state index in [1.165, 1.54) is 6.42 Å². The number of hydrogen-bond donors (Lipinski definition) is 1. The molecule has 1 N–H and O–H groups in total. The first-order valence-corrected chi connectivity index (χ1v) is 11.8. The Morgan fingerprint density at radius 1 is 1.12 bits per heavy atom. The molecule has 32 heavy (non-hydrogen) atoms. The van der Waals surface area contributed by atoms with E-state index >= 15 is 0 Å². The molecule has 0 bridgehead atoms. The highest BCUT2D eigenvalue weighted by atomic mass is 35.5. The van der Waals surface area contributed by atoms with Crippen LogP contribution in [0.4, 0.5) is 0 Å². The molecule has 1 atom stereocenters. The summed E-state index contributed by atoms with van der Waals surface area (Å²) in [6, 6.07) is 12.7. The average molecular weight is 457 g/mol. The third-order valence-corrected chi connectivity index (χ3v) is 6.50. The molecule has 3 rings (SSSR count). The van der Waals surface area contributed by atoms with E-state index < -0.39 is 6.04 Å². The summed E-state index contributed by atoms with van der Waals surface area (Å²) in [7, 11) is 0. The molecule has 5 nitrogen and oxygen atoms in total. The molecule has 1 aliphatic rings. The number of aryl methyl sites for hydroxylation is 1. The molecule has 0 heterocycles. The summed E-state index contributed by atoms with van der Waals surface area (Å²) in [6.45, 7) is 5.91. The number of halogens is 1. The second-order valence-electron chi connectivity index (χ2n) is 8.66. The van der Waals surface area contributed by atoms with Gasteiger partial charge in [0.05, 0.1) is 0 Å². The quantitative estimate of drug-likeness (QED) is 0.593. The van der Waals surface area contributed by atoms with E-state index in [1.54, 1.807) is 17.9 Å². The highest BCUT2D eigenvalue weighted by Crippen LogP contribution is 2.22. The van der Waals surface area contributed by atoms with Crippen LogP contribution in [-0.2, 0) is 16.1 Å². The summed E-state index contributed by atoms with van der Waals surface area (Å²) in [5.41, 5.74) is 2.98. The molecule has 2 aromatic carbocycles. The Kier molecular flexibility index (Phi) is 8.57. The molecule has 1 saturated carbocycles. The van der Waals surface area contributed by atoms with Gasteiger partial charge in [0.15, 0.2) is 6.61 Å². The lowest BCUT2D eigenvalue weighted by Crippen LogP contribution is -2.51. The van der Waals surface area contributed by atoms with Gasteiger partial charge in [-0.3, -0.25) is 9.59 Å². The third-order valence-electron chi connectivity index (χ3n) is 6.27. The average Bonchev–Trinajstić information content (AvgIpc) is 2.78. The molecule has 2 aromatic rings. The number of ether oxygens (including phenoxy) is 1. The van der Waals surface area contributed by atoms with Crippen LogP contribution >= 0.6 is 11.6 Å². The van der Waals surface area contributed by atoms with Crippen LogP contribution in [0.1, 0.15) is 55.7 Å². The molecule has 0 radical (unpaired) electrons. The first-order chi connectivity index (χ1) is 15.3. The van der Waals surface area contributed by atoms with Crippen LogP contribution in [0, 0.1) is 13.8 Å². The minimum Gasteiger partial charge on any atom is -0.483 e. The number of rotatable bonds is 8. The summed E-state index contributed by atoms with van der Waals surface area (Å²) in [5.74, 6) is 0.316. The summed E-state index contributed by atoms with van der Waals surface area (Å²) in [6.07, 6.45) is 5.48. The first-order valence-electron chi connectivity index (χ1n) is 11.4. The van der Waals surface area contributed by atoms with Crippen molar-refractivity contribution in [3.63, 3.8) is 0 Å². The number of carbonyl (C=O) groups is 2. The Labute approximate surface area is 196 Å². The normalized spacial score (nSPS) is 15.1. The van der Waals surface area contributed by atoms with Crippen LogP contribution in [0.2, 0.25) is 5.02 Å². The van der Waals surface area contributed by atoms with Gasteiger partial charge in [-0.1, -0.05) is 55.1 Å². The number of nitrogens with zero attached hydrogens (tertiary/aromatic N) is 1. The molecule has 0 saturated heterocycles. The first kappa shape index (κ1) is 24.1. The molecule has 1 fully saturated rings. The van der Waals surface area contributed by atoms with Crippen LogP contribution < -0.4 is 10.1 Å². The van der Waals surface area contributed by atoms with Gasteiger partial charge >= 0.3 is 0 Å². The van der Waals surface area contributed by atoms with E-state index in [9.17, 15) is 9.59 Å². The zero-order chi connectivity index (χ0) is 23.1. The van der Waals surface area contributed by atoms with Gasteiger partial charge in [0.25, 0.3) is 5.91 Å². The summed E-state index contributed by atoms with van der Waals surface area (Å²) in [5, 5.41) is 3.74. The highest BCUT2D eigenvalue weighted by molar-refractivity contribution is 6.30. The van der Waals surface area contributed by atoms with Gasteiger partial charge < -0.3 is 15.0 Å². The number of nitrogens with one attached hydrogen (secondary N) is 1. The number of amides is 2. The van der Waals surface area contributed by atoms with E-state index in [1.807, 2.05) is 50.2 Å². The van der Waals surface area contributed by atoms with Crippen molar-refractivity contribution in [2.24, 2.45) is 0 Å². The van der Waals surface area contributed by atoms with E-state index in [0.29, 0.717) is 10.8 Å². The van der Waals surface area contributed by atoms with Crippen molar-refractivity contribution >= 4 is 23.4 Å². The SMILES string of the molecule is Cc1cccc(OCC(=O)N(Cc2cccc(Cl)c2)[C@H](C)C(=O)NC2CCCCC2)c1C. The molecular formula is C26H33ClN2O3. The molecule has 0 unspecified atom stereocenters. The zero-order valence-corrected chi connectivity index (χ0v) is 20.0. The Hall–Kier alpha value is -2.53. The van der Waals surface area contributed by atoms with Crippen LogP contribution in [-0.4, -0.2) is 35.4 Å². The Bertz CT molecular complexity index is 940. The van der Waals surface area contributed by atoms with Gasteiger partial charge in [0, 0.05) is 17.6 Å². The molecular weight excluding hydrogens is 424 g/mol. The summed E-state index contributed by atoms with van der Waals surface area (Å²) < 4.78 is 5.85. The topological polar surface area (TPSA) is 58.6 Å². The van der Waals surface area contributed by atoms with Crippen molar-refractivity contribution in [2.75, 3.05) is 6.61 Å². The van der Waals surface area contributed by atoms with Gasteiger partial charge in [-0.15, -0.1) is 0 Å². The Balaban J connectivity index is 1.73. The van der Waals surface area contributed by atoms with Crippen molar-refractivity contribution in [1.82, 2.24) is 10.2 Å². The summed E-state index contributed by atoms with van der Waals surface area (Å²) >= 11 is 6.14. The maximum Gasteiger partial charge on any atom is 0.261 e. The lowest BCUT2D eigenvalue weighted by molar-refractivity contribution is -0.142. The Morgan fingerprint density at radius 2 is 1.84 bits per heavy atom. The van der Waals surface area contributed by atoms with Gasteiger partial charge in [0.1, 0.15) is 11.8 Å². The minimum atomic E-state index is -0.620. The standard InChI is InChI=1S/C26H33ClN2O3/c1-18-9-7-14-24(19(18)2)32-17-25(30)29(16-21-10-8-11-22(27)15-21)20(3)26(31)28-23-12-5-4-6-13-23/h7-11,14-15,20,23H,4-6,12-13,16-17H2,1-3H3,(H,28,31)/t20-/m1/s1. The smallest absolute Gasteiger partial charge is 0.261 e. The van der Waals surface area contributed by atoms with Gasteiger partial charge in [0.2, 0.25) is 5.91 Å². The molecule has 0 aromatic heterocycles. The Morgan fingerprint density at radius 3 is 2.56 bits per heavy atom. The lowest BCUT2D eigenvalue weighted by atomic mass is 9.95. The zero-order valence-electron chi connectivity index (χ0n) is 19.2. The van der Waals surface area contributed by atoms with E-state index in [4.69, 9.17) is 16.3 Å². The fraction of sp³-hybridized carbons (Fsp3) is 0.462. The van der Waals surface area contributed by atoms with E-state index in [0.717, 1.165) is 42.4 Å². The van der Waals surface area contributed by atoms with Crippen molar-refractivity contribution < 1.29 is 14.3 Å². The van der Waals surface area contributed by atoms with Crippen LogP contribution in [0.25, 0.3) is 0 Å². The molecule has 1 aliphatic carbocycles. The van der Waals surface area contributed by atoms with Crippen molar-refractivity contribution in [1.29, 1.82) is 0 Å². The van der Waals surface area contributed by atoms with E-state index in [-0.39, 0.29) is 31.0 Å². The fourth-order valence-corrected chi connectivity index (χ4v) is 4.30. The number of benzene rings is 2. The van der Waals surface area contributed by atoms with Crippen molar-refractivity contribution in [3.05, 3.63) is 64.2 Å². The fourth-order valence-electron chi connectivity index (χ4n) is 4.09. The van der Waals surface area contributed by atoms with Crippen molar-refractivity contribution in [3.8, 4) is 5.75 Å². The molecule has 0 aliphatic heterocycles. The van der Waals surface area contributed by atoms with E-state index in [2.05, 4.69) is 5.32 Å². The third kappa shape index (κ3) is 6.49. The van der Waals surface area contributed by atoms with Crippen LogP contribution in [0.3, 0.4) is 0 Å². The van der Waals surface area contributed by atoms with Gasteiger partial charge in [-0.2, -0.15) is 0 Å². The van der Waals surface area contributed by atoms with Crippen LogP contribution in [0.5, 0.6) is 5.75 Å². The maximum atomic E-state index is 13.2. The molecule has 6 heteroatoms. The maximum absolute atomic E-state index is 13.2. The largest absolute Gasteiger partial charge is 0.483 e. The molecule has 0 spiro atoms. The monoisotopic (exact) mass is 456 g/mol. The second kappa shape index (κ2) is 11.4. The highest BCUT2D eigenvalue weighted by Gasteiger charge is 2.28. The number of carbonyl (C=O) groups excluding carboxylic acids is 2. The van der Waals surface area contributed by atoms with Crippen molar-refractivity contribution in [2.45, 2.75) is 71.5 Å². The van der Waals surface area contributed by atoms with Gasteiger partial charge in [-0.25, -0.2) is 0 Å². The summed E-state index contributed by atoms with van der Waals surface area (Å²) in [4.78, 5) is 27.8. The molecule has 172 valence electrons.